The van der Waals surface area contributed by atoms with Gasteiger partial charge in [0.2, 0.25) is 0 Å². The van der Waals surface area contributed by atoms with E-state index < -0.39 is 73.4 Å². The minimum atomic E-state index is -3.69. The van der Waals surface area contributed by atoms with E-state index in [0.29, 0.717) is 0 Å². The Balaban J connectivity index is 3.59. The van der Waals surface area contributed by atoms with Crippen LogP contribution >= 0.6 is 7.14 Å². The molecule has 0 unspecified atom stereocenters. The maximum Gasteiger partial charge on any atom is 0.303 e. The van der Waals surface area contributed by atoms with Gasteiger partial charge in [0, 0.05) is 34.6 Å². The van der Waals surface area contributed by atoms with Crippen molar-refractivity contribution in [1.29, 1.82) is 0 Å². The van der Waals surface area contributed by atoms with Gasteiger partial charge in [0.1, 0.15) is 13.7 Å². The summed E-state index contributed by atoms with van der Waals surface area (Å²) in [6.45, 7) is 6.16. The number of hydrogen-bond acceptors (Lipinski definition) is 11. The highest BCUT2D eigenvalue weighted by molar-refractivity contribution is 7.64. The fourth-order valence-electron chi connectivity index (χ4n) is 3.11. The lowest BCUT2D eigenvalue weighted by atomic mass is 10.0. The van der Waals surface area contributed by atoms with E-state index in [1.165, 1.54) is 6.66 Å². The van der Waals surface area contributed by atoms with Gasteiger partial charge in [-0.2, -0.15) is 0 Å². The van der Waals surface area contributed by atoms with Crippen LogP contribution in [0, 0.1) is 0 Å². The van der Waals surface area contributed by atoms with Crippen molar-refractivity contribution in [2.24, 2.45) is 0 Å². The van der Waals surface area contributed by atoms with E-state index in [1.807, 2.05) is 0 Å². The molecule has 0 aliphatic carbocycles. The van der Waals surface area contributed by atoms with Crippen LogP contribution in [0.1, 0.15) is 34.6 Å². The number of carbonyl (C=O) groups is 5. The summed E-state index contributed by atoms with van der Waals surface area (Å²) in [6, 6.07) is 0. The molecule has 6 atom stereocenters. The maximum atomic E-state index is 13.7. The van der Waals surface area contributed by atoms with Crippen LogP contribution in [0.25, 0.3) is 0 Å². The second-order valence-corrected chi connectivity index (χ2v) is 9.94. The van der Waals surface area contributed by atoms with Crippen LogP contribution in [0.5, 0.6) is 0 Å². The van der Waals surface area contributed by atoms with Crippen LogP contribution in [-0.4, -0.2) is 72.9 Å². The Kier molecular flexibility index (Phi) is 8.37. The van der Waals surface area contributed by atoms with Crippen LogP contribution in [-0.2, 0) is 52.2 Å². The summed E-state index contributed by atoms with van der Waals surface area (Å²) >= 11 is 0. The third-order valence-corrected chi connectivity index (χ3v) is 7.29. The predicted molar refractivity (Wildman–Crippen MR) is 96.2 cm³/mol. The molecule has 0 radical (unpaired) electrons. The van der Waals surface area contributed by atoms with Crippen LogP contribution < -0.4 is 0 Å². The zero-order valence-corrected chi connectivity index (χ0v) is 17.9. The molecule has 0 N–H and O–H groups in total. The molecule has 0 aromatic rings. The minimum Gasteiger partial charge on any atom is -0.465 e. The van der Waals surface area contributed by atoms with Gasteiger partial charge in [0.05, 0.1) is 5.66 Å². The first-order valence-electron chi connectivity index (χ1n) is 8.66. The highest BCUT2D eigenvalue weighted by Gasteiger charge is 2.61. The number of hydrogen-bond donors (Lipinski definition) is 0. The molecule has 0 aromatic carbocycles. The standard InChI is InChI=1S/C17H25O11P/c1-8(18)24-7-13-14(25-9(2)19)15(26-10(3)20)16(27-11(4)21)17(28-12(5)22)29(13,6)23/h13-17H,7H2,1-6H3/t13-,14+,15-,16-,17+,29+/m0/s1. The molecule has 0 amide bonds. The number of ether oxygens (including phenoxy) is 5. The summed E-state index contributed by atoms with van der Waals surface area (Å²) < 4.78 is 39.4. The van der Waals surface area contributed by atoms with Crippen molar-refractivity contribution in [1.82, 2.24) is 0 Å². The molecule has 0 aromatic heterocycles. The lowest BCUT2D eigenvalue weighted by molar-refractivity contribution is -0.197. The Morgan fingerprint density at radius 1 is 0.655 bits per heavy atom. The molecule has 1 aliphatic rings. The summed E-state index contributed by atoms with van der Waals surface area (Å²) in [5.74, 6) is -5.47. The number of carbonyl (C=O) groups excluding carboxylic acids is 5. The third kappa shape index (κ3) is 6.56. The van der Waals surface area contributed by atoms with Gasteiger partial charge in [-0.1, -0.05) is 0 Å². The molecule has 0 bridgehead atoms. The van der Waals surface area contributed by atoms with Gasteiger partial charge in [-0.3, -0.25) is 24.0 Å². The van der Waals surface area contributed by atoms with E-state index in [0.717, 1.165) is 34.6 Å². The SMILES string of the molecule is CC(=O)OC[C@H]1[C@@H](OC(C)=O)[C@H](OC(C)=O)[C@H](OC(C)=O)[C@H](OC(C)=O)[P@]1(C)=O. The molecule has 1 aliphatic heterocycles. The molecule has 29 heavy (non-hydrogen) atoms. The normalized spacial score (nSPS) is 31.2. The van der Waals surface area contributed by atoms with E-state index in [9.17, 15) is 28.5 Å². The molecular formula is C17H25O11P. The molecule has 1 fully saturated rings. The molecule has 11 nitrogen and oxygen atoms in total. The fourth-order valence-corrected chi connectivity index (χ4v) is 5.84. The molecule has 164 valence electrons. The van der Waals surface area contributed by atoms with Crippen LogP contribution in [0.15, 0.2) is 0 Å². The highest BCUT2D eigenvalue weighted by atomic mass is 31.2. The van der Waals surface area contributed by atoms with Crippen molar-refractivity contribution in [3.63, 3.8) is 0 Å². The van der Waals surface area contributed by atoms with Crippen LogP contribution in [0.4, 0.5) is 0 Å². The zero-order chi connectivity index (χ0) is 22.5. The van der Waals surface area contributed by atoms with E-state index in [4.69, 9.17) is 23.7 Å². The van der Waals surface area contributed by atoms with E-state index in [1.54, 1.807) is 0 Å². The number of esters is 5. The second kappa shape index (κ2) is 9.87. The van der Waals surface area contributed by atoms with Gasteiger partial charge in [-0.05, 0) is 6.66 Å². The van der Waals surface area contributed by atoms with Crippen molar-refractivity contribution in [3.8, 4) is 0 Å². The Bertz CT molecular complexity index is 731. The molecule has 0 saturated carbocycles. The zero-order valence-electron chi connectivity index (χ0n) is 17.0. The summed E-state index contributed by atoms with van der Waals surface area (Å²) in [7, 11) is -3.69. The third-order valence-electron chi connectivity index (χ3n) is 4.12. The van der Waals surface area contributed by atoms with Crippen molar-refractivity contribution in [2.45, 2.75) is 64.4 Å². The Hall–Kier alpha value is -2.42. The minimum absolute atomic E-state index is 0.469. The monoisotopic (exact) mass is 436 g/mol. The van der Waals surface area contributed by atoms with Crippen molar-refractivity contribution in [3.05, 3.63) is 0 Å². The first-order valence-corrected chi connectivity index (χ1v) is 11.0. The Labute approximate surface area is 167 Å². The van der Waals surface area contributed by atoms with Gasteiger partial charge in [0.15, 0.2) is 24.2 Å². The molecule has 1 heterocycles. The molecule has 1 saturated heterocycles. The summed E-state index contributed by atoms with van der Waals surface area (Å²) in [4.78, 5) is 57.9. The van der Waals surface area contributed by atoms with Crippen LogP contribution in [0.2, 0.25) is 0 Å². The first-order chi connectivity index (χ1) is 13.3. The molecular weight excluding hydrogens is 411 g/mol. The molecule has 1 rings (SSSR count). The van der Waals surface area contributed by atoms with Gasteiger partial charge >= 0.3 is 29.8 Å². The van der Waals surface area contributed by atoms with E-state index in [-0.39, 0.29) is 0 Å². The average Bonchev–Trinajstić information content (AvgIpc) is 2.52. The first kappa shape index (κ1) is 24.6. The quantitative estimate of drug-likeness (QED) is 0.327. The van der Waals surface area contributed by atoms with Crippen LogP contribution in [0.3, 0.4) is 0 Å². The average molecular weight is 436 g/mol. The molecule has 12 heteroatoms. The Morgan fingerprint density at radius 2 is 1.07 bits per heavy atom. The Morgan fingerprint density at radius 3 is 1.48 bits per heavy atom. The van der Waals surface area contributed by atoms with Crippen molar-refractivity contribution >= 4 is 37.0 Å². The topological polar surface area (TPSA) is 149 Å². The summed E-state index contributed by atoms with van der Waals surface area (Å²) in [5, 5.41) is 0. The van der Waals surface area contributed by atoms with Gasteiger partial charge in [0.25, 0.3) is 0 Å². The van der Waals surface area contributed by atoms with Crippen molar-refractivity contribution in [2.75, 3.05) is 13.3 Å². The smallest absolute Gasteiger partial charge is 0.303 e. The van der Waals surface area contributed by atoms with E-state index >= 15 is 0 Å². The maximum absolute atomic E-state index is 13.7. The largest absolute Gasteiger partial charge is 0.465 e. The summed E-state index contributed by atoms with van der Waals surface area (Å²) in [5.41, 5.74) is -1.18. The lowest BCUT2D eigenvalue weighted by Gasteiger charge is -2.47. The second-order valence-electron chi connectivity index (χ2n) is 6.65. The molecule has 0 spiro atoms. The van der Waals surface area contributed by atoms with Gasteiger partial charge in [-0.15, -0.1) is 0 Å². The van der Waals surface area contributed by atoms with Gasteiger partial charge < -0.3 is 28.2 Å². The van der Waals surface area contributed by atoms with Crippen molar-refractivity contribution < 1.29 is 52.2 Å². The van der Waals surface area contributed by atoms with E-state index in [2.05, 4.69) is 0 Å². The summed E-state index contributed by atoms with van der Waals surface area (Å²) in [6.07, 6.45) is -4.34. The highest BCUT2D eigenvalue weighted by Crippen LogP contribution is 2.60. The van der Waals surface area contributed by atoms with Gasteiger partial charge in [-0.25, -0.2) is 0 Å². The number of rotatable bonds is 6. The lowest BCUT2D eigenvalue weighted by Crippen LogP contribution is -2.61. The predicted octanol–water partition coefficient (Wildman–Crippen LogP) is 0.609. The fraction of sp³-hybridized carbons (Fsp3) is 0.706.